The lowest BCUT2D eigenvalue weighted by Crippen LogP contribution is -2.14. The molecule has 0 rings (SSSR count). The topological polar surface area (TPSA) is 26.3 Å². The Bertz CT molecular complexity index is 165. The molecule has 0 amide bonds. The lowest BCUT2D eigenvalue weighted by atomic mass is 10.1. The Balaban J connectivity index is 3.63. The molecule has 1 atom stereocenters. The minimum atomic E-state index is -0.402. The lowest BCUT2D eigenvalue weighted by molar-refractivity contribution is -0.146. The van der Waals surface area contributed by atoms with Crippen LogP contribution >= 0.6 is 0 Å². The van der Waals surface area contributed by atoms with Crippen LogP contribution in [0.4, 0.5) is 0 Å². The highest BCUT2D eigenvalue weighted by atomic mass is 16.5. The molecule has 0 spiro atoms. The van der Waals surface area contributed by atoms with E-state index in [0.717, 1.165) is 0 Å². The Morgan fingerprint density at radius 2 is 2.09 bits per heavy atom. The summed E-state index contributed by atoms with van der Waals surface area (Å²) < 4.78 is 4.84. The predicted molar refractivity (Wildman–Crippen MR) is 43.8 cm³/mol. The summed E-state index contributed by atoms with van der Waals surface area (Å²) in [5.74, 6) is 2.44. The van der Waals surface area contributed by atoms with Crippen molar-refractivity contribution < 1.29 is 9.53 Å². The summed E-state index contributed by atoms with van der Waals surface area (Å²) in [6.07, 6.45) is 5.06. The van der Waals surface area contributed by atoms with Crippen molar-refractivity contribution >= 4 is 5.97 Å². The van der Waals surface area contributed by atoms with Crippen LogP contribution in [-0.2, 0) is 9.53 Å². The van der Waals surface area contributed by atoms with Crippen molar-refractivity contribution in [2.75, 3.05) is 0 Å². The first-order valence-corrected chi connectivity index (χ1v) is 3.72. The van der Waals surface area contributed by atoms with Gasteiger partial charge in [0.1, 0.15) is 0 Å². The highest BCUT2D eigenvalue weighted by Gasteiger charge is 2.08. The molecule has 2 nitrogen and oxygen atoms in total. The van der Waals surface area contributed by atoms with Gasteiger partial charge in [0.25, 0.3) is 0 Å². The zero-order valence-electron chi connectivity index (χ0n) is 7.26. The smallest absolute Gasteiger partial charge is 0.307 e. The fraction of sp³-hybridized carbons (Fsp3) is 0.667. The molecular formula is C9H14O2. The Morgan fingerprint density at radius 3 is 2.45 bits per heavy atom. The van der Waals surface area contributed by atoms with Crippen LogP contribution in [0.1, 0.15) is 27.2 Å². The molecule has 0 aromatic heterocycles. The average molecular weight is 154 g/mol. The summed E-state index contributed by atoms with van der Waals surface area (Å²) in [4.78, 5) is 10.9. The molecule has 62 valence electrons. The van der Waals surface area contributed by atoms with Crippen molar-refractivity contribution in [1.29, 1.82) is 0 Å². The van der Waals surface area contributed by atoms with Crippen LogP contribution in [0.15, 0.2) is 0 Å². The van der Waals surface area contributed by atoms with Crippen LogP contribution in [0.3, 0.4) is 0 Å². The van der Waals surface area contributed by atoms with Gasteiger partial charge < -0.3 is 4.74 Å². The molecule has 0 heterocycles. The zero-order valence-corrected chi connectivity index (χ0v) is 7.26. The van der Waals surface area contributed by atoms with Gasteiger partial charge in [-0.25, -0.2) is 0 Å². The quantitative estimate of drug-likeness (QED) is 0.456. The van der Waals surface area contributed by atoms with Crippen molar-refractivity contribution in [3.8, 4) is 12.3 Å². The second-order valence-corrected chi connectivity index (χ2v) is 2.90. The van der Waals surface area contributed by atoms with Gasteiger partial charge in [0.2, 0.25) is 0 Å². The van der Waals surface area contributed by atoms with Gasteiger partial charge in [-0.05, 0) is 12.8 Å². The molecule has 2 heteroatoms. The second-order valence-electron chi connectivity index (χ2n) is 2.90. The van der Waals surface area contributed by atoms with E-state index in [4.69, 9.17) is 11.2 Å². The molecule has 1 unspecified atom stereocenters. The molecule has 0 bridgehead atoms. The average Bonchev–Trinajstić information content (AvgIpc) is 1.85. The molecule has 0 aliphatic rings. The number of carbonyl (C=O) groups is 1. The van der Waals surface area contributed by atoms with Gasteiger partial charge in [-0.1, -0.05) is 19.8 Å². The highest BCUT2D eigenvalue weighted by molar-refractivity contribution is 5.70. The van der Waals surface area contributed by atoms with E-state index in [1.165, 1.54) is 0 Å². The number of esters is 1. The summed E-state index contributed by atoms with van der Waals surface area (Å²) in [5, 5.41) is 0. The number of carbonyl (C=O) groups excluding carboxylic acids is 1. The first-order valence-electron chi connectivity index (χ1n) is 3.72. The summed E-state index contributed by atoms with van der Waals surface area (Å²) in [7, 11) is 0. The maximum absolute atomic E-state index is 10.9. The van der Waals surface area contributed by atoms with E-state index in [1.807, 2.05) is 13.8 Å². The fourth-order valence-corrected chi connectivity index (χ4v) is 0.613. The molecule has 0 aliphatic heterocycles. The van der Waals surface area contributed by atoms with E-state index in [1.54, 1.807) is 6.92 Å². The highest BCUT2D eigenvalue weighted by Crippen LogP contribution is 2.02. The van der Waals surface area contributed by atoms with Gasteiger partial charge in [-0.15, -0.1) is 6.42 Å². The van der Waals surface area contributed by atoms with E-state index in [-0.39, 0.29) is 5.97 Å². The minimum Gasteiger partial charge on any atom is -0.449 e. The number of rotatable bonds is 3. The Labute approximate surface area is 67.9 Å². The van der Waals surface area contributed by atoms with Gasteiger partial charge in [0.05, 0.1) is 0 Å². The van der Waals surface area contributed by atoms with Crippen molar-refractivity contribution in [1.82, 2.24) is 0 Å². The zero-order chi connectivity index (χ0) is 8.85. The van der Waals surface area contributed by atoms with Crippen LogP contribution < -0.4 is 0 Å². The summed E-state index contributed by atoms with van der Waals surface area (Å²) in [6, 6.07) is 0. The van der Waals surface area contributed by atoms with Crippen molar-refractivity contribution in [3.05, 3.63) is 0 Å². The number of ether oxygens (including phenoxy) is 1. The third kappa shape index (κ3) is 5.47. The lowest BCUT2D eigenvalue weighted by Gasteiger charge is -2.07. The Kier molecular flexibility index (Phi) is 4.36. The second kappa shape index (κ2) is 4.79. The molecule has 0 saturated heterocycles. The predicted octanol–water partition coefficient (Wildman–Crippen LogP) is 1.60. The molecule has 11 heavy (non-hydrogen) atoms. The van der Waals surface area contributed by atoms with Gasteiger partial charge in [-0.3, -0.25) is 4.79 Å². The molecule has 0 N–H and O–H groups in total. The maximum atomic E-state index is 10.9. The monoisotopic (exact) mass is 154 g/mol. The molecule has 0 aromatic rings. The van der Waals surface area contributed by atoms with Gasteiger partial charge >= 0.3 is 5.97 Å². The Morgan fingerprint density at radius 1 is 1.55 bits per heavy atom. The number of terminal acetylenes is 1. The molecular weight excluding hydrogens is 140 g/mol. The van der Waals surface area contributed by atoms with Crippen LogP contribution in [0, 0.1) is 18.3 Å². The van der Waals surface area contributed by atoms with Crippen molar-refractivity contribution in [2.24, 2.45) is 5.92 Å². The van der Waals surface area contributed by atoms with Crippen molar-refractivity contribution in [2.45, 2.75) is 33.3 Å². The van der Waals surface area contributed by atoms with Gasteiger partial charge in [0.15, 0.2) is 6.10 Å². The molecule has 0 aliphatic carbocycles. The SMILES string of the molecule is C#CC(C)OC(=O)CC(C)C. The molecule has 0 saturated carbocycles. The van der Waals surface area contributed by atoms with Gasteiger partial charge in [0, 0.05) is 6.42 Å². The fourth-order valence-electron chi connectivity index (χ4n) is 0.613. The van der Waals surface area contributed by atoms with E-state index in [9.17, 15) is 4.79 Å². The van der Waals surface area contributed by atoms with Gasteiger partial charge in [-0.2, -0.15) is 0 Å². The van der Waals surface area contributed by atoms with Crippen LogP contribution in [0.25, 0.3) is 0 Å². The minimum absolute atomic E-state index is 0.217. The largest absolute Gasteiger partial charge is 0.449 e. The van der Waals surface area contributed by atoms with E-state index in [2.05, 4.69) is 5.92 Å². The van der Waals surface area contributed by atoms with Crippen LogP contribution in [-0.4, -0.2) is 12.1 Å². The third-order valence-electron chi connectivity index (χ3n) is 1.12. The molecule has 0 radical (unpaired) electrons. The standard InChI is InChI=1S/C9H14O2/c1-5-8(4)11-9(10)6-7(2)3/h1,7-8H,6H2,2-4H3. The number of hydrogen-bond donors (Lipinski definition) is 0. The molecule has 0 fully saturated rings. The third-order valence-corrected chi connectivity index (χ3v) is 1.12. The Hall–Kier alpha value is -0.970. The number of hydrogen-bond acceptors (Lipinski definition) is 2. The summed E-state index contributed by atoms with van der Waals surface area (Å²) in [6.45, 7) is 5.60. The maximum Gasteiger partial charge on any atom is 0.307 e. The molecule has 0 aromatic carbocycles. The van der Waals surface area contributed by atoms with Crippen molar-refractivity contribution in [3.63, 3.8) is 0 Å². The van der Waals surface area contributed by atoms with E-state index in [0.29, 0.717) is 12.3 Å². The first-order chi connectivity index (χ1) is 5.06. The van der Waals surface area contributed by atoms with E-state index >= 15 is 0 Å². The van der Waals surface area contributed by atoms with Crippen LogP contribution in [0.2, 0.25) is 0 Å². The van der Waals surface area contributed by atoms with E-state index < -0.39 is 6.10 Å². The first kappa shape index (κ1) is 10.0. The summed E-state index contributed by atoms with van der Waals surface area (Å²) >= 11 is 0. The summed E-state index contributed by atoms with van der Waals surface area (Å²) in [5.41, 5.74) is 0. The van der Waals surface area contributed by atoms with Crippen LogP contribution in [0.5, 0.6) is 0 Å². The normalized spacial score (nSPS) is 12.3.